The summed E-state index contributed by atoms with van der Waals surface area (Å²) in [6, 6.07) is 18.3. The third kappa shape index (κ3) is 3.83. The maximum atomic E-state index is 13.0. The van der Waals surface area contributed by atoms with Crippen LogP contribution in [0, 0.1) is 6.92 Å². The molecule has 0 unspecified atom stereocenters. The molecule has 5 rings (SSSR count). The molecule has 1 amide bonds. The number of hydrogen-bond donors (Lipinski definition) is 2. The molecule has 2 heterocycles. The third-order valence-corrected chi connectivity index (χ3v) is 8.02. The zero-order valence-electron chi connectivity index (χ0n) is 16.7. The smallest absolute Gasteiger partial charge is 0.261 e. The first-order chi connectivity index (χ1) is 15.4. The van der Waals surface area contributed by atoms with Crippen LogP contribution in [0.25, 0.3) is 20.4 Å². The number of hydrogen-bond acceptors (Lipinski definition) is 7. The first-order valence-corrected chi connectivity index (χ1v) is 12.7. The molecule has 2 aromatic heterocycles. The Bertz CT molecular complexity index is 1570. The summed E-state index contributed by atoms with van der Waals surface area (Å²) in [6.45, 7) is 1.95. The lowest BCUT2D eigenvalue weighted by Gasteiger charge is -2.12. The number of carbonyl (C=O) groups excluding carboxylic acids is 1. The van der Waals surface area contributed by atoms with Gasteiger partial charge in [0.15, 0.2) is 5.13 Å². The fourth-order valence-corrected chi connectivity index (χ4v) is 6.23. The van der Waals surface area contributed by atoms with Crippen molar-refractivity contribution in [1.29, 1.82) is 0 Å². The number of rotatable bonds is 5. The minimum Gasteiger partial charge on any atom is -0.298 e. The highest BCUT2D eigenvalue weighted by atomic mass is 32.2. The third-order valence-electron chi connectivity index (χ3n) is 4.71. The minimum absolute atomic E-state index is 0.115. The van der Waals surface area contributed by atoms with Crippen molar-refractivity contribution in [1.82, 2.24) is 9.97 Å². The quantitative estimate of drug-likeness (QED) is 0.357. The fraction of sp³-hybridized carbons (Fsp3) is 0.0455. The Balaban J connectivity index is 1.45. The summed E-state index contributed by atoms with van der Waals surface area (Å²) in [5.41, 5.74) is 2.01. The van der Waals surface area contributed by atoms with Gasteiger partial charge in [0.2, 0.25) is 0 Å². The lowest BCUT2D eigenvalue weighted by molar-refractivity contribution is 0.102. The summed E-state index contributed by atoms with van der Waals surface area (Å²) >= 11 is 2.95. The van der Waals surface area contributed by atoms with E-state index in [2.05, 4.69) is 20.0 Å². The largest absolute Gasteiger partial charge is 0.298 e. The van der Waals surface area contributed by atoms with Crippen molar-refractivity contribution >= 4 is 69.9 Å². The van der Waals surface area contributed by atoms with Crippen molar-refractivity contribution in [3.05, 3.63) is 77.3 Å². The zero-order valence-corrected chi connectivity index (χ0v) is 19.1. The van der Waals surface area contributed by atoms with Gasteiger partial charge in [-0.2, -0.15) is 0 Å². The number of carbonyl (C=O) groups is 1. The number of nitrogens with one attached hydrogen (secondary N) is 2. The van der Waals surface area contributed by atoms with Gasteiger partial charge in [-0.25, -0.2) is 18.4 Å². The predicted octanol–water partition coefficient (Wildman–Crippen LogP) is 5.27. The number of amides is 1. The van der Waals surface area contributed by atoms with E-state index in [1.54, 1.807) is 53.8 Å². The second-order valence-electron chi connectivity index (χ2n) is 6.93. The number of para-hydroxylation sites is 1. The zero-order chi connectivity index (χ0) is 22.3. The average Bonchev–Trinajstić information content (AvgIpc) is 3.36. The first-order valence-electron chi connectivity index (χ1n) is 9.56. The Morgan fingerprint density at radius 3 is 2.47 bits per heavy atom. The molecular formula is C22H16N4O3S3. The molecule has 32 heavy (non-hydrogen) atoms. The van der Waals surface area contributed by atoms with E-state index in [9.17, 15) is 13.2 Å². The summed E-state index contributed by atoms with van der Waals surface area (Å²) in [6.07, 6.45) is 0. The van der Waals surface area contributed by atoms with Crippen LogP contribution >= 0.6 is 22.7 Å². The second kappa shape index (κ2) is 7.97. The fourth-order valence-electron chi connectivity index (χ4n) is 3.28. The molecule has 0 saturated heterocycles. The van der Waals surface area contributed by atoms with Crippen LogP contribution in [-0.2, 0) is 10.0 Å². The summed E-state index contributed by atoms with van der Waals surface area (Å²) in [4.78, 5) is 22.2. The van der Waals surface area contributed by atoms with Crippen molar-refractivity contribution < 1.29 is 13.2 Å². The predicted molar refractivity (Wildman–Crippen MR) is 129 cm³/mol. The van der Waals surface area contributed by atoms with E-state index in [1.807, 2.05) is 19.1 Å². The summed E-state index contributed by atoms with van der Waals surface area (Å²) < 4.78 is 29.9. The Labute approximate surface area is 191 Å². The van der Waals surface area contributed by atoms with Crippen LogP contribution in [0.3, 0.4) is 0 Å². The normalized spacial score (nSPS) is 11.7. The maximum Gasteiger partial charge on any atom is 0.261 e. The van der Waals surface area contributed by atoms with E-state index in [4.69, 9.17) is 0 Å². The average molecular weight is 481 g/mol. The topological polar surface area (TPSA) is 101 Å². The number of benzene rings is 3. The highest BCUT2D eigenvalue weighted by Crippen LogP contribution is 2.35. The van der Waals surface area contributed by atoms with Gasteiger partial charge in [0.25, 0.3) is 15.9 Å². The molecule has 0 bridgehead atoms. The minimum atomic E-state index is -3.83. The van der Waals surface area contributed by atoms with Crippen molar-refractivity contribution in [3.8, 4) is 0 Å². The van der Waals surface area contributed by atoms with Gasteiger partial charge in [0.05, 0.1) is 36.1 Å². The monoisotopic (exact) mass is 480 g/mol. The molecule has 0 fully saturated rings. The SMILES string of the molecule is Cc1nc2c(ccc3nc(NC(=O)c4ccccc4NS(=O)(=O)c4ccccc4)sc32)s1. The standard InChI is InChI=1S/C22H16N4O3S3/c1-13-23-19-18(30-13)12-11-17-20(19)31-22(24-17)25-21(27)15-9-5-6-10-16(15)26-32(28,29)14-7-3-2-4-8-14/h2-12,26H,1H3,(H,24,25,27). The van der Waals surface area contributed by atoms with E-state index in [0.717, 1.165) is 25.4 Å². The summed E-state index contributed by atoms with van der Waals surface area (Å²) in [7, 11) is -3.83. The van der Waals surface area contributed by atoms with E-state index in [0.29, 0.717) is 5.13 Å². The number of aryl methyl sites for hydroxylation is 1. The van der Waals surface area contributed by atoms with Crippen molar-refractivity contribution in [2.75, 3.05) is 10.0 Å². The molecule has 0 atom stereocenters. The van der Waals surface area contributed by atoms with Gasteiger partial charge in [-0.05, 0) is 43.3 Å². The lowest BCUT2D eigenvalue weighted by atomic mass is 10.2. The highest BCUT2D eigenvalue weighted by molar-refractivity contribution is 7.92. The molecule has 7 nitrogen and oxygen atoms in total. The van der Waals surface area contributed by atoms with E-state index >= 15 is 0 Å². The second-order valence-corrected chi connectivity index (χ2v) is 10.8. The van der Waals surface area contributed by atoms with Crippen LogP contribution < -0.4 is 10.0 Å². The number of aromatic nitrogens is 2. The van der Waals surface area contributed by atoms with Crippen LogP contribution in [-0.4, -0.2) is 24.3 Å². The van der Waals surface area contributed by atoms with Crippen molar-refractivity contribution in [3.63, 3.8) is 0 Å². The van der Waals surface area contributed by atoms with E-state index in [1.165, 1.54) is 23.5 Å². The molecule has 3 aromatic carbocycles. The number of nitrogens with zero attached hydrogens (tertiary/aromatic N) is 2. The summed E-state index contributed by atoms with van der Waals surface area (Å²) in [5, 5.41) is 4.18. The first kappa shape index (κ1) is 20.6. The van der Waals surface area contributed by atoms with Gasteiger partial charge >= 0.3 is 0 Å². The van der Waals surface area contributed by atoms with Crippen LogP contribution in [0.1, 0.15) is 15.4 Å². The van der Waals surface area contributed by atoms with Gasteiger partial charge in [0.1, 0.15) is 5.52 Å². The highest BCUT2D eigenvalue weighted by Gasteiger charge is 2.20. The van der Waals surface area contributed by atoms with Crippen molar-refractivity contribution in [2.24, 2.45) is 0 Å². The van der Waals surface area contributed by atoms with Gasteiger partial charge < -0.3 is 0 Å². The Morgan fingerprint density at radius 2 is 1.66 bits per heavy atom. The van der Waals surface area contributed by atoms with Gasteiger partial charge in [-0.1, -0.05) is 41.7 Å². The molecule has 0 aliphatic rings. The van der Waals surface area contributed by atoms with Crippen LogP contribution in [0.5, 0.6) is 0 Å². The summed E-state index contributed by atoms with van der Waals surface area (Å²) in [5.74, 6) is -0.457. The lowest BCUT2D eigenvalue weighted by Crippen LogP contribution is -2.18. The molecule has 10 heteroatoms. The van der Waals surface area contributed by atoms with E-state index in [-0.39, 0.29) is 16.1 Å². The Kier molecular flexibility index (Phi) is 5.12. The molecule has 0 aliphatic carbocycles. The van der Waals surface area contributed by atoms with E-state index < -0.39 is 15.9 Å². The molecule has 160 valence electrons. The Hall–Kier alpha value is -3.34. The van der Waals surface area contributed by atoms with Crippen LogP contribution in [0.4, 0.5) is 10.8 Å². The molecule has 0 saturated carbocycles. The van der Waals surface area contributed by atoms with Gasteiger partial charge in [0, 0.05) is 0 Å². The molecule has 2 N–H and O–H groups in total. The molecule has 5 aromatic rings. The van der Waals surface area contributed by atoms with Crippen LogP contribution in [0.2, 0.25) is 0 Å². The number of thiazole rings is 2. The molecule has 0 aliphatic heterocycles. The van der Waals surface area contributed by atoms with Crippen LogP contribution in [0.15, 0.2) is 71.6 Å². The number of sulfonamides is 1. The number of anilines is 2. The molecule has 0 spiro atoms. The number of fused-ring (bicyclic) bond motifs is 3. The Morgan fingerprint density at radius 1 is 0.906 bits per heavy atom. The maximum absolute atomic E-state index is 13.0. The van der Waals surface area contributed by atoms with Gasteiger partial charge in [-0.15, -0.1) is 11.3 Å². The van der Waals surface area contributed by atoms with Crippen molar-refractivity contribution in [2.45, 2.75) is 11.8 Å². The molecule has 0 radical (unpaired) electrons. The molecular weight excluding hydrogens is 464 g/mol. The van der Waals surface area contributed by atoms with Gasteiger partial charge in [-0.3, -0.25) is 14.8 Å².